The van der Waals surface area contributed by atoms with Crippen LogP contribution in [0.5, 0.6) is 0 Å². The van der Waals surface area contributed by atoms with E-state index < -0.39 is 0 Å². The summed E-state index contributed by atoms with van der Waals surface area (Å²) in [5.41, 5.74) is 2.46. The second kappa shape index (κ2) is 7.17. The average molecular weight is 248 g/mol. The molecule has 0 aliphatic carbocycles. The summed E-state index contributed by atoms with van der Waals surface area (Å²) in [6.45, 7) is 8.59. The van der Waals surface area contributed by atoms with Crippen LogP contribution in [0.2, 0.25) is 0 Å². The van der Waals surface area contributed by atoms with Gasteiger partial charge in [0.1, 0.15) is 0 Å². The Labute approximate surface area is 110 Å². The highest BCUT2D eigenvalue weighted by Gasteiger charge is 2.09. The van der Waals surface area contributed by atoms with E-state index in [-0.39, 0.29) is 18.0 Å². The van der Waals surface area contributed by atoms with Crippen LogP contribution >= 0.6 is 0 Å². The van der Waals surface area contributed by atoms with Gasteiger partial charge in [0.2, 0.25) is 5.91 Å². The van der Waals surface area contributed by atoms with Crippen molar-refractivity contribution in [2.45, 2.75) is 46.2 Å². The van der Waals surface area contributed by atoms with Crippen LogP contribution in [0.15, 0.2) is 24.3 Å². The fourth-order valence-corrected chi connectivity index (χ4v) is 1.73. The lowest BCUT2D eigenvalue weighted by atomic mass is 10.1. The Morgan fingerprint density at radius 2 is 2.06 bits per heavy atom. The third-order valence-corrected chi connectivity index (χ3v) is 3.13. The summed E-state index contributed by atoms with van der Waals surface area (Å²) in [6.07, 6.45) is 0.958. The summed E-state index contributed by atoms with van der Waals surface area (Å²) < 4.78 is 0. The minimum atomic E-state index is 0.0591. The van der Waals surface area contributed by atoms with Crippen LogP contribution < -0.4 is 10.6 Å². The molecule has 1 rings (SSSR count). The molecule has 0 spiro atoms. The first-order valence-electron chi connectivity index (χ1n) is 6.62. The first kappa shape index (κ1) is 14.7. The standard InChI is InChI=1S/C15H24N2O/c1-5-12(3)17-15(18)10-16-13(4)14-8-6-7-11(2)9-14/h6-9,12-13,16H,5,10H2,1-4H3,(H,17,18)/t12?,13-/m1/s1. The topological polar surface area (TPSA) is 41.1 Å². The van der Waals surface area contributed by atoms with Crippen LogP contribution in [0, 0.1) is 6.92 Å². The summed E-state index contributed by atoms with van der Waals surface area (Å²) in [7, 11) is 0. The number of benzene rings is 1. The predicted molar refractivity (Wildman–Crippen MR) is 75.5 cm³/mol. The van der Waals surface area contributed by atoms with Gasteiger partial charge in [-0.1, -0.05) is 36.8 Å². The first-order valence-corrected chi connectivity index (χ1v) is 6.62. The van der Waals surface area contributed by atoms with Gasteiger partial charge >= 0.3 is 0 Å². The van der Waals surface area contributed by atoms with Crippen molar-refractivity contribution >= 4 is 5.91 Å². The van der Waals surface area contributed by atoms with Gasteiger partial charge in [-0.15, -0.1) is 0 Å². The van der Waals surface area contributed by atoms with Gasteiger partial charge in [-0.3, -0.25) is 4.79 Å². The Morgan fingerprint density at radius 3 is 2.67 bits per heavy atom. The molecular formula is C15H24N2O. The van der Waals surface area contributed by atoms with Gasteiger partial charge in [0.15, 0.2) is 0 Å². The number of aryl methyl sites for hydroxylation is 1. The zero-order valence-electron chi connectivity index (χ0n) is 11.8. The van der Waals surface area contributed by atoms with E-state index in [2.05, 4.69) is 49.6 Å². The molecule has 1 amide bonds. The van der Waals surface area contributed by atoms with E-state index >= 15 is 0 Å². The van der Waals surface area contributed by atoms with Gasteiger partial charge in [0.25, 0.3) is 0 Å². The average Bonchev–Trinajstić information content (AvgIpc) is 2.35. The predicted octanol–water partition coefficient (Wildman–Crippen LogP) is 2.56. The molecule has 1 aromatic carbocycles. The van der Waals surface area contributed by atoms with Gasteiger partial charge < -0.3 is 10.6 Å². The molecule has 2 atom stereocenters. The Bertz CT molecular complexity index is 390. The quantitative estimate of drug-likeness (QED) is 0.812. The van der Waals surface area contributed by atoms with E-state index in [4.69, 9.17) is 0 Å². The number of hydrogen-bond acceptors (Lipinski definition) is 2. The molecule has 3 heteroatoms. The highest BCUT2D eigenvalue weighted by Crippen LogP contribution is 2.13. The van der Waals surface area contributed by atoms with Gasteiger partial charge in [0.05, 0.1) is 6.54 Å². The third-order valence-electron chi connectivity index (χ3n) is 3.13. The summed E-state index contributed by atoms with van der Waals surface area (Å²) in [5, 5.41) is 6.19. The van der Waals surface area contributed by atoms with E-state index in [1.807, 2.05) is 13.0 Å². The van der Waals surface area contributed by atoms with Crippen molar-refractivity contribution in [2.75, 3.05) is 6.54 Å². The number of nitrogens with one attached hydrogen (secondary N) is 2. The summed E-state index contributed by atoms with van der Waals surface area (Å²) in [4.78, 5) is 11.6. The van der Waals surface area contributed by atoms with Crippen LogP contribution in [0.25, 0.3) is 0 Å². The van der Waals surface area contributed by atoms with Gasteiger partial charge in [0, 0.05) is 12.1 Å². The molecule has 1 aromatic rings. The zero-order valence-corrected chi connectivity index (χ0v) is 11.8. The molecule has 0 fully saturated rings. The zero-order chi connectivity index (χ0) is 13.5. The van der Waals surface area contributed by atoms with Crippen LogP contribution in [0.4, 0.5) is 0 Å². The van der Waals surface area contributed by atoms with Crippen molar-refractivity contribution in [1.82, 2.24) is 10.6 Å². The first-order chi connectivity index (χ1) is 8.52. The number of hydrogen-bond donors (Lipinski definition) is 2. The lowest BCUT2D eigenvalue weighted by molar-refractivity contribution is -0.120. The molecule has 0 saturated heterocycles. The van der Waals surface area contributed by atoms with Crippen molar-refractivity contribution in [3.05, 3.63) is 35.4 Å². The van der Waals surface area contributed by atoms with Crippen molar-refractivity contribution in [3.8, 4) is 0 Å². The maximum Gasteiger partial charge on any atom is 0.234 e. The minimum absolute atomic E-state index is 0.0591. The third kappa shape index (κ3) is 4.88. The van der Waals surface area contributed by atoms with E-state index in [0.717, 1.165) is 6.42 Å². The van der Waals surface area contributed by atoms with Gasteiger partial charge in [-0.2, -0.15) is 0 Å². The van der Waals surface area contributed by atoms with E-state index in [9.17, 15) is 4.79 Å². The number of carbonyl (C=O) groups is 1. The molecule has 0 saturated carbocycles. The van der Waals surface area contributed by atoms with Crippen LogP contribution in [0.1, 0.15) is 44.4 Å². The maximum absolute atomic E-state index is 11.6. The number of rotatable bonds is 6. The highest BCUT2D eigenvalue weighted by molar-refractivity contribution is 5.78. The highest BCUT2D eigenvalue weighted by atomic mass is 16.1. The molecule has 0 aliphatic heterocycles. The number of amides is 1. The summed E-state index contributed by atoms with van der Waals surface area (Å²) in [6, 6.07) is 8.77. The minimum Gasteiger partial charge on any atom is -0.353 e. The van der Waals surface area contributed by atoms with E-state index in [1.54, 1.807) is 0 Å². The fourth-order valence-electron chi connectivity index (χ4n) is 1.73. The molecule has 0 radical (unpaired) electrons. The van der Waals surface area contributed by atoms with Gasteiger partial charge in [-0.25, -0.2) is 0 Å². The second-order valence-corrected chi connectivity index (χ2v) is 4.89. The van der Waals surface area contributed by atoms with Crippen LogP contribution in [-0.4, -0.2) is 18.5 Å². The van der Waals surface area contributed by atoms with Crippen LogP contribution in [0.3, 0.4) is 0 Å². The molecule has 0 bridgehead atoms. The monoisotopic (exact) mass is 248 g/mol. The van der Waals surface area contributed by atoms with E-state index in [1.165, 1.54) is 11.1 Å². The fraction of sp³-hybridized carbons (Fsp3) is 0.533. The SMILES string of the molecule is CCC(C)NC(=O)CN[C@H](C)c1cccc(C)c1. The van der Waals surface area contributed by atoms with Crippen molar-refractivity contribution in [3.63, 3.8) is 0 Å². The Morgan fingerprint density at radius 1 is 1.33 bits per heavy atom. The Hall–Kier alpha value is -1.35. The molecular weight excluding hydrogens is 224 g/mol. The molecule has 100 valence electrons. The lowest BCUT2D eigenvalue weighted by Gasteiger charge is -2.16. The maximum atomic E-state index is 11.6. The molecule has 2 N–H and O–H groups in total. The normalized spacial score (nSPS) is 14.0. The molecule has 0 aliphatic rings. The molecule has 18 heavy (non-hydrogen) atoms. The Balaban J connectivity index is 2.41. The van der Waals surface area contributed by atoms with Crippen molar-refractivity contribution in [2.24, 2.45) is 0 Å². The van der Waals surface area contributed by atoms with Crippen molar-refractivity contribution in [1.29, 1.82) is 0 Å². The van der Waals surface area contributed by atoms with Crippen molar-refractivity contribution < 1.29 is 4.79 Å². The van der Waals surface area contributed by atoms with Gasteiger partial charge in [-0.05, 0) is 32.8 Å². The lowest BCUT2D eigenvalue weighted by Crippen LogP contribution is -2.39. The molecule has 3 nitrogen and oxygen atoms in total. The Kier molecular flexibility index (Phi) is 5.86. The summed E-state index contributed by atoms with van der Waals surface area (Å²) in [5.74, 6) is 0.0591. The number of carbonyl (C=O) groups excluding carboxylic acids is 1. The smallest absolute Gasteiger partial charge is 0.234 e. The molecule has 1 unspecified atom stereocenters. The van der Waals surface area contributed by atoms with Crippen LogP contribution in [-0.2, 0) is 4.79 Å². The molecule has 0 heterocycles. The largest absolute Gasteiger partial charge is 0.353 e. The second-order valence-electron chi connectivity index (χ2n) is 4.89. The van der Waals surface area contributed by atoms with E-state index in [0.29, 0.717) is 6.54 Å². The molecule has 0 aromatic heterocycles. The summed E-state index contributed by atoms with van der Waals surface area (Å²) >= 11 is 0.